The zero-order valence-corrected chi connectivity index (χ0v) is 10.6. The van der Waals surface area contributed by atoms with Crippen LogP contribution in [0.25, 0.3) is 0 Å². The van der Waals surface area contributed by atoms with Crippen LogP contribution >= 0.6 is 0 Å². The molecule has 0 saturated heterocycles. The van der Waals surface area contributed by atoms with E-state index in [0.29, 0.717) is 0 Å². The lowest BCUT2D eigenvalue weighted by Gasteiger charge is -2.22. The number of hydrogen-bond donors (Lipinski definition) is 1. The van der Waals surface area contributed by atoms with E-state index in [1.54, 1.807) is 0 Å². The fourth-order valence-corrected chi connectivity index (χ4v) is 1.87. The lowest BCUT2D eigenvalue weighted by molar-refractivity contribution is 1.19. The number of benzene rings is 2. The topological polar surface area (TPSA) is 29.3 Å². The highest BCUT2D eigenvalue weighted by Crippen LogP contribution is 2.29. The van der Waals surface area contributed by atoms with E-state index in [4.69, 9.17) is 5.73 Å². The normalized spacial score (nSPS) is 10.3. The molecule has 88 valence electrons. The molecule has 0 aliphatic heterocycles. The van der Waals surface area contributed by atoms with Gasteiger partial charge in [0.05, 0.1) is 11.4 Å². The molecule has 17 heavy (non-hydrogen) atoms. The van der Waals surface area contributed by atoms with Gasteiger partial charge in [-0.2, -0.15) is 0 Å². The molecule has 2 nitrogen and oxygen atoms in total. The van der Waals surface area contributed by atoms with Crippen molar-refractivity contribution in [3.05, 3.63) is 53.6 Å². The molecule has 0 spiro atoms. The van der Waals surface area contributed by atoms with Crippen molar-refractivity contribution in [2.75, 3.05) is 17.7 Å². The van der Waals surface area contributed by atoms with Crippen LogP contribution in [-0.2, 0) is 0 Å². The van der Waals surface area contributed by atoms with E-state index in [1.165, 1.54) is 11.1 Å². The highest BCUT2D eigenvalue weighted by Gasteiger charge is 2.07. The maximum absolute atomic E-state index is 5.99. The number of anilines is 3. The number of rotatable bonds is 2. The largest absolute Gasteiger partial charge is 0.397 e. The van der Waals surface area contributed by atoms with Gasteiger partial charge in [0.1, 0.15) is 0 Å². The van der Waals surface area contributed by atoms with Crippen molar-refractivity contribution in [3.8, 4) is 0 Å². The molecule has 0 aliphatic rings. The number of aryl methyl sites for hydroxylation is 2. The minimum Gasteiger partial charge on any atom is -0.397 e. The first-order valence-corrected chi connectivity index (χ1v) is 5.75. The summed E-state index contributed by atoms with van der Waals surface area (Å²) in [5.41, 5.74) is 11.6. The molecular weight excluding hydrogens is 208 g/mol. The maximum Gasteiger partial charge on any atom is 0.0641 e. The second-order valence-electron chi connectivity index (χ2n) is 4.39. The van der Waals surface area contributed by atoms with Gasteiger partial charge in [-0.1, -0.05) is 18.2 Å². The molecular formula is C15H18N2. The van der Waals surface area contributed by atoms with Gasteiger partial charge in [-0.15, -0.1) is 0 Å². The zero-order valence-electron chi connectivity index (χ0n) is 10.6. The Morgan fingerprint density at radius 3 is 2.29 bits per heavy atom. The Bertz CT molecular complexity index is 532. The van der Waals surface area contributed by atoms with Crippen LogP contribution in [0.5, 0.6) is 0 Å². The van der Waals surface area contributed by atoms with Gasteiger partial charge in [-0.25, -0.2) is 0 Å². The summed E-state index contributed by atoms with van der Waals surface area (Å²) in [6.45, 7) is 4.25. The Balaban J connectivity index is 2.40. The highest BCUT2D eigenvalue weighted by molar-refractivity contribution is 5.74. The SMILES string of the molecule is Cc1ccc(N(C)c2ccccc2N)cc1C. The third-order valence-electron chi connectivity index (χ3n) is 3.18. The number of nitrogen functional groups attached to an aromatic ring is 1. The molecule has 2 rings (SSSR count). The van der Waals surface area contributed by atoms with Crippen molar-refractivity contribution in [2.45, 2.75) is 13.8 Å². The molecule has 0 unspecified atom stereocenters. The predicted octanol–water partition coefficient (Wildman–Crippen LogP) is 3.65. The number of para-hydroxylation sites is 2. The Morgan fingerprint density at radius 2 is 1.65 bits per heavy atom. The molecule has 0 aliphatic carbocycles. The summed E-state index contributed by atoms with van der Waals surface area (Å²) in [5.74, 6) is 0. The third-order valence-corrected chi connectivity index (χ3v) is 3.18. The van der Waals surface area contributed by atoms with E-state index >= 15 is 0 Å². The summed E-state index contributed by atoms with van der Waals surface area (Å²) >= 11 is 0. The van der Waals surface area contributed by atoms with Gasteiger partial charge in [0.25, 0.3) is 0 Å². The summed E-state index contributed by atoms with van der Waals surface area (Å²) in [6.07, 6.45) is 0. The average Bonchev–Trinajstić information content (AvgIpc) is 2.32. The third kappa shape index (κ3) is 2.26. The first-order valence-electron chi connectivity index (χ1n) is 5.75. The van der Waals surface area contributed by atoms with E-state index in [9.17, 15) is 0 Å². The molecule has 2 N–H and O–H groups in total. The Labute approximate surface area is 103 Å². The molecule has 2 aromatic carbocycles. The number of nitrogens with two attached hydrogens (primary N) is 1. The van der Waals surface area contributed by atoms with Gasteiger partial charge in [0.2, 0.25) is 0 Å². The molecule has 2 aromatic rings. The monoisotopic (exact) mass is 226 g/mol. The molecule has 0 fully saturated rings. The van der Waals surface area contributed by atoms with E-state index < -0.39 is 0 Å². The van der Waals surface area contributed by atoms with Crippen molar-refractivity contribution in [3.63, 3.8) is 0 Å². The zero-order chi connectivity index (χ0) is 12.4. The summed E-state index contributed by atoms with van der Waals surface area (Å²) in [7, 11) is 2.04. The van der Waals surface area contributed by atoms with E-state index in [1.807, 2.05) is 31.3 Å². The van der Waals surface area contributed by atoms with Crippen molar-refractivity contribution in [2.24, 2.45) is 0 Å². The average molecular weight is 226 g/mol. The van der Waals surface area contributed by atoms with Crippen LogP contribution in [0.3, 0.4) is 0 Å². The molecule has 0 atom stereocenters. The van der Waals surface area contributed by atoms with Crippen LogP contribution in [0, 0.1) is 13.8 Å². The fourth-order valence-electron chi connectivity index (χ4n) is 1.87. The van der Waals surface area contributed by atoms with Crippen LogP contribution in [0.2, 0.25) is 0 Å². The standard InChI is InChI=1S/C15H18N2/c1-11-8-9-13(10-12(11)2)17(3)15-7-5-4-6-14(15)16/h4-10H,16H2,1-3H3. The van der Waals surface area contributed by atoms with Gasteiger partial charge in [0, 0.05) is 12.7 Å². The van der Waals surface area contributed by atoms with Gasteiger partial charge in [-0.05, 0) is 49.2 Å². The lowest BCUT2D eigenvalue weighted by atomic mass is 10.1. The summed E-state index contributed by atoms with van der Waals surface area (Å²) in [4.78, 5) is 2.11. The van der Waals surface area contributed by atoms with Gasteiger partial charge in [-0.3, -0.25) is 0 Å². The highest BCUT2D eigenvalue weighted by atomic mass is 15.1. The van der Waals surface area contributed by atoms with Crippen molar-refractivity contribution in [1.82, 2.24) is 0 Å². The minimum absolute atomic E-state index is 0.799. The first kappa shape index (κ1) is 11.5. The number of hydrogen-bond acceptors (Lipinski definition) is 2. The smallest absolute Gasteiger partial charge is 0.0641 e. The van der Waals surface area contributed by atoms with Crippen molar-refractivity contribution < 1.29 is 0 Å². The second-order valence-corrected chi connectivity index (χ2v) is 4.39. The van der Waals surface area contributed by atoms with Gasteiger partial charge in [0.15, 0.2) is 0 Å². The Morgan fingerprint density at radius 1 is 0.941 bits per heavy atom. The first-order chi connectivity index (χ1) is 8.09. The predicted molar refractivity (Wildman–Crippen MR) is 74.8 cm³/mol. The van der Waals surface area contributed by atoms with E-state index in [2.05, 4.69) is 36.9 Å². The van der Waals surface area contributed by atoms with Crippen LogP contribution in [0.15, 0.2) is 42.5 Å². The fraction of sp³-hybridized carbons (Fsp3) is 0.200. The van der Waals surface area contributed by atoms with Gasteiger partial charge >= 0.3 is 0 Å². The van der Waals surface area contributed by atoms with Crippen molar-refractivity contribution in [1.29, 1.82) is 0 Å². The lowest BCUT2D eigenvalue weighted by Crippen LogP contribution is -2.11. The van der Waals surface area contributed by atoms with Crippen LogP contribution in [0.4, 0.5) is 17.1 Å². The molecule has 0 aromatic heterocycles. The molecule has 0 radical (unpaired) electrons. The molecule has 2 heteroatoms. The van der Waals surface area contributed by atoms with Crippen molar-refractivity contribution >= 4 is 17.1 Å². The summed E-state index contributed by atoms with van der Waals surface area (Å²) in [6, 6.07) is 14.4. The molecule has 0 amide bonds. The Kier molecular flexibility index (Phi) is 3.05. The Hall–Kier alpha value is -1.96. The van der Waals surface area contributed by atoms with Gasteiger partial charge < -0.3 is 10.6 Å². The van der Waals surface area contributed by atoms with Crippen LogP contribution in [0.1, 0.15) is 11.1 Å². The summed E-state index contributed by atoms with van der Waals surface area (Å²) in [5, 5.41) is 0. The van der Waals surface area contributed by atoms with Crippen LogP contribution in [-0.4, -0.2) is 7.05 Å². The molecule has 0 bridgehead atoms. The summed E-state index contributed by atoms with van der Waals surface area (Å²) < 4.78 is 0. The quantitative estimate of drug-likeness (QED) is 0.792. The maximum atomic E-state index is 5.99. The van der Waals surface area contributed by atoms with E-state index in [-0.39, 0.29) is 0 Å². The van der Waals surface area contributed by atoms with E-state index in [0.717, 1.165) is 17.1 Å². The molecule has 0 heterocycles. The number of nitrogens with zero attached hydrogens (tertiary/aromatic N) is 1. The second kappa shape index (κ2) is 4.50. The van der Waals surface area contributed by atoms with Crippen LogP contribution < -0.4 is 10.6 Å². The minimum atomic E-state index is 0.799. The molecule has 0 saturated carbocycles.